The van der Waals surface area contributed by atoms with Crippen molar-refractivity contribution < 1.29 is 34.7 Å². The molecule has 4 saturated carbocycles. The largest absolute Gasteiger partial charge is 0.465 e. The van der Waals surface area contributed by atoms with Gasteiger partial charge in [0.25, 0.3) is 0 Å². The molecule has 1 aromatic rings. The van der Waals surface area contributed by atoms with Crippen LogP contribution in [0.15, 0.2) is 24.3 Å². The first-order valence-electron chi connectivity index (χ1n) is 18.8. The van der Waals surface area contributed by atoms with E-state index in [1.54, 1.807) is 19.1 Å². The molecular weight excluding hydrogens is 608 g/mol. The summed E-state index contributed by atoms with van der Waals surface area (Å²) in [6.45, 7) is 11.7. The summed E-state index contributed by atoms with van der Waals surface area (Å²) < 4.78 is 4.98. The van der Waals surface area contributed by atoms with Gasteiger partial charge in [-0.05, 0) is 128 Å². The van der Waals surface area contributed by atoms with Crippen molar-refractivity contribution in [3.8, 4) is 0 Å². The van der Waals surface area contributed by atoms with Crippen LogP contribution in [-0.2, 0) is 25.6 Å². The molecule has 0 saturated heterocycles. The van der Waals surface area contributed by atoms with E-state index in [0.717, 1.165) is 56.9 Å². The molecule has 6 N–H and O–H groups in total. The number of hydrogen-bond donors (Lipinski definition) is 5. The summed E-state index contributed by atoms with van der Waals surface area (Å²) in [5.74, 6) is 2.41. The molecule has 3 unspecified atom stereocenters. The van der Waals surface area contributed by atoms with Crippen molar-refractivity contribution in [3.63, 3.8) is 0 Å². The third kappa shape index (κ3) is 7.23. The van der Waals surface area contributed by atoms with Crippen LogP contribution in [0.5, 0.6) is 0 Å². The zero-order valence-electron chi connectivity index (χ0n) is 29.9. The van der Waals surface area contributed by atoms with Gasteiger partial charge in [-0.1, -0.05) is 58.4 Å². The zero-order chi connectivity index (χ0) is 34.8. The quantitative estimate of drug-likeness (QED) is 0.100. The second-order valence-corrected chi connectivity index (χ2v) is 16.3. The van der Waals surface area contributed by atoms with Crippen molar-refractivity contribution in [3.05, 3.63) is 35.4 Å². The molecular formula is C39H62N2O7. The van der Waals surface area contributed by atoms with Crippen molar-refractivity contribution in [2.24, 2.45) is 58.0 Å². The van der Waals surface area contributed by atoms with E-state index in [0.29, 0.717) is 53.9 Å². The Bertz CT molecular complexity index is 1240. The highest BCUT2D eigenvalue weighted by Gasteiger charge is 2.64. The number of hydrogen-bond acceptors (Lipinski definition) is 8. The molecule has 0 bridgehead atoms. The van der Waals surface area contributed by atoms with Gasteiger partial charge in [-0.3, -0.25) is 14.8 Å². The van der Waals surface area contributed by atoms with Crippen LogP contribution in [0.1, 0.15) is 116 Å². The number of aliphatic hydroxyl groups is 2. The molecule has 9 heteroatoms. The average molecular weight is 671 g/mol. The van der Waals surface area contributed by atoms with Gasteiger partial charge in [-0.2, -0.15) is 0 Å². The van der Waals surface area contributed by atoms with Crippen molar-refractivity contribution >= 4 is 11.9 Å². The summed E-state index contributed by atoms with van der Waals surface area (Å²) in [5, 5.41) is 35.1. The predicted molar refractivity (Wildman–Crippen MR) is 184 cm³/mol. The Labute approximate surface area is 287 Å². The smallest absolute Gasteiger partial charge is 0.323 e. The first-order valence-corrected chi connectivity index (χ1v) is 18.8. The van der Waals surface area contributed by atoms with Crippen LogP contribution in [0.3, 0.4) is 0 Å². The topological polar surface area (TPSA) is 151 Å². The Balaban J connectivity index is 1.14. The molecule has 9 nitrogen and oxygen atoms in total. The van der Waals surface area contributed by atoms with Gasteiger partial charge in [-0.25, -0.2) is 4.89 Å². The zero-order valence-corrected chi connectivity index (χ0v) is 29.9. The SMILES string of the molecule is CCOC(=O)C(N)Cc1ccc(C(CNC(=O)CC[C@@H](C)[C@H]2CC[C@H]3[C@@H]4[C@H](O)[C@H](CC)C5C[C@H](O)CC[C@]5(C)[C@H]4CC[C@]23C)OO)cc1. The molecule has 5 rings (SSSR count). The van der Waals surface area contributed by atoms with E-state index in [1.165, 1.54) is 6.42 Å². The van der Waals surface area contributed by atoms with Gasteiger partial charge in [0.05, 0.1) is 25.4 Å². The van der Waals surface area contributed by atoms with E-state index in [2.05, 4.69) is 33.0 Å². The van der Waals surface area contributed by atoms with Crippen LogP contribution in [0, 0.1) is 52.3 Å². The first kappa shape index (κ1) is 37.2. The molecule has 48 heavy (non-hydrogen) atoms. The summed E-state index contributed by atoms with van der Waals surface area (Å²) in [5.41, 5.74) is 7.87. The Morgan fingerprint density at radius 1 is 1.00 bits per heavy atom. The van der Waals surface area contributed by atoms with Gasteiger partial charge in [0, 0.05) is 6.42 Å². The fraction of sp³-hybridized carbons (Fsp3) is 0.795. The third-order valence-electron chi connectivity index (χ3n) is 14.0. The maximum Gasteiger partial charge on any atom is 0.323 e. The number of amides is 1. The monoisotopic (exact) mass is 670 g/mol. The highest BCUT2D eigenvalue weighted by Crippen LogP contribution is 2.69. The molecule has 0 aliphatic heterocycles. The minimum absolute atomic E-state index is 0.0590. The van der Waals surface area contributed by atoms with Gasteiger partial charge in [0.1, 0.15) is 12.1 Å². The molecule has 4 aliphatic rings. The normalized spacial score (nSPS) is 37.8. The second-order valence-electron chi connectivity index (χ2n) is 16.3. The van der Waals surface area contributed by atoms with Gasteiger partial charge in [0.2, 0.25) is 5.91 Å². The van der Waals surface area contributed by atoms with Crippen molar-refractivity contribution in [1.82, 2.24) is 5.32 Å². The van der Waals surface area contributed by atoms with Crippen LogP contribution in [-0.4, -0.2) is 58.7 Å². The van der Waals surface area contributed by atoms with Gasteiger partial charge >= 0.3 is 5.97 Å². The Morgan fingerprint density at radius 2 is 1.69 bits per heavy atom. The molecule has 1 aromatic carbocycles. The molecule has 4 fully saturated rings. The van der Waals surface area contributed by atoms with Crippen molar-refractivity contribution in [1.29, 1.82) is 0 Å². The fourth-order valence-electron chi connectivity index (χ4n) is 11.5. The number of ether oxygens (including phenoxy) is 1. The van der Waals surface area contributed by atoms with E-state index in [1.807, 2.05) is 12.1 Å². The minimum Gasteiger partial charge on any atom is -0.465 e. The molecule has 270 valence electrons. The molecule has 0 aromatic heterocycles. The number of nitrogens with two attached hydrogens (primary N) is 1. The lowest BCUT2D eigenvalue weighted by molar-refractivity contribution is -0.280. The summed E-state index contributed by atoms with van der Waals surface area (Å²) >= 11 is 0. The number of esters is 1. The number of carbonyl (C=O) groups excluding carboxylic acids is 2. The molecule has 13 atom stereocenters. The van der Waals surface area contributed by atoms with Crippen LogP contribution in [0.4, 0.5) is 0 Å². The van der Waals surface area contributed by atoms with Gasteiger partial charge in [0.15, 0.2) is 0 Å². The Morgan fingerprint density at radius 3 is 2.35 bits per heavy atom. The number of carbonyl (C=O) groups is 2. The van der Waals surface area contributed by atoms with Crippen LogP contribution in [0.2, 0.25) is 0 Å². The molecule has 0 radical (unpaired) electrons. The van der Waals surface area contributed by atoms with E-state index >= 15 is 0 Å². The number of fused-ring (bicyclic) bond motifs is 5. The second kappa shape index (κ2) is 15.5. The summed E-state index contributed by atoms with van der Waals surface area (Å²) in [4.78, 5) is 29.6. The third-order valence-corrected chi connectivity index (χ3v) is 14.0. The lowest BCUT2D eigenvalue weighted by Crippen LogP contribution is -2.62. The fourth-order valence-corrected chi connectivity index (χ4v) is 11.5. The standard InChI is InChI=1S/C39H62N2O7/c1-6-27-31-21-26(42)16-18-39(31,5)30-17-19-38(4)28(13-14-29(38)35(30)36(27)44)23(3)8-15-34(43)41-22-33(48-46)25-11-9-24(10-12-25)20-32(40)37(45)47-7-2/h9-12,23,26-33,35-36,42,44,46H,6-8,13-22,40H2,1-5H3,(H,41,43)/t23-,26-,27-,28-,29+,30+,31?,32?,33?,35+,36-,38-,39-/m1/s1. The summed E-state index contributed by atoms with van der Waals surface area (Å²) in [6.07, 6.45) is 8.70. The van der Waals surface area contributed by atoms with E-state index in [4.69, 9.17) is 15.4 Å². The summed E-state index contributed by atoms with van der Waals surface area (Å²) in [7, 11) is 0. The molecule has 0 heterocycles. The molecule has 4 aliphatic carbocycles. The van der Waals surface area contributed by atoms with Gasteiger partial charge < -0.3 is 26.0 Å². The number of benzene rings is 1. The highest BCUT2D eigenvalue weighted by atomic mass is 17.1. The van der Waals surface area contributed by atoms with Crippen LogP contribution < -0.4 is 11.1 Å². The number of nitrogens with one attached hydrogen (secondary N) is 1. The Hall–Kier alpha value is -2.04. The van der Waals surface area contributed by atoms with Crippen molar-refractivity contribution in [2.45, 2.75) is 130 Å². The number of rotatable bonds is 13. The maximum absolute atomic E-state index is 13.0. The highest BCUT2D eigenvalue weighted by molar-refractivity contribution is 5.76. The maximum atomic E-state index is 13.0. The van der Waals surface area contributed by atoms with E-state index in [-0.39, 0.29) is 48.0 Å². The lowest BCUT2D eigenvalue weighted by atomic mass is 9.41. The lowest BCUT2D eigenvalue weighted by Gasteiger charge is -2.64. The average Bonchev–Trinajstić information content (AvgIpc) is 3.42. The van der Waals surface area contributed by atoms with E-state index < -0.39 is 18.1 Å². The molecule has 1 amide bonds. The molecule has 0 spiro atoms. The predicted octanol–water partition coefficient (Wildman–Crippen LogP) is 5.81. The summed E-state index contributed by atoms with van der Waals surface area (Å²) in [6, 6.07) is 6.53. The first-order chi connectivity index (χ1) is 22.9. The minimum atomic E-state index is -0.744. The van der Waals surface area contributed by atoms with Crippen LogP contribution in [0.25, 0.3) is 0 Å². The van der Waals surface area contributed by atoms with Crippen molar-refractivity contribution in [2.75, 3.05) is 13.2 Å². The number of aliphatic hydroxyl groups excluding tert-OH is 2. The Kier molecular flexibility index (Phi) is 12.0. The van der Waals surface area contributed by atoms with Gasteiger partial charge in [-0.15, -0.1) is 0 Å². The van der Waals surface area contributed by atoms with E-state index in [9.17, 15) is 25.1 Å². The van der Waals surface area contributed by atoms with Crippen LogP contribution >= 0.6 is 0 Å².